The summed E-state index contributed by atoms with van der Waals surface area (Å²) in [4.78, 5) is 0. The SMILES string of the molecule is CC(C)(O)Cn1cc(NO)cn1. The lowest BCUT2D eigenvalue weighted by Crippen LogP contribution is -2.26. The molecular formula is C7H13N3O2. The maximum Gasteiger partial charge on any atom is 0.0981 e. The monoisotopic (exact) mass is 171 g/mol. The van der Waals surface area contributed by atoms with Gasteiger partial charge in [-0.25, -0.2) is 0 Å². The van der Waals surface area contributed by atoms with Crippen LogP contribution in [0.5, 0.6) is 0 Å². The van der Waals surface area contributed by atoms with Crippen LogP contribution >= 0.6 is 0 Å². The summed E-state index contributed by atoms with van der Waals surface area (Å²) in [6.45, 7) is 3.79. The third-order valence-electron chi connectivity index (χ3n) is 1.31. The van der Waals surface area contributed by atoms with E-state index in [1.807, 2.05) is 5.48 Å². The van der Waals surface area contributed by atoms with E-state index < -0.39 is 5.60 Å². The van der Waals surface area contributed by atoms with Gasteiger partial charge in [-0.05, 0) is 13.8 Å². The Balaban J connectivity index is 2.64. The van der Waals surface area contributed by atoms with E-state index in [-0.39, 0.29) is 0 Å². The molecule has 12 heavy (non-hydrogen) atoms. The van der Waals surface area contributed by atoms with E-state index in [0.717, 1.165) is 0 Å². The molecule has 0 saturated heterocycles. The molecule has 0 aliphatic rings. The van der Waals surface area contributed by atoms with Crippen LogP contribution in [-0.2, 0) is 6.54 Å². The molecule has 1 heterocycles. The molecule has 0 atom stereocenters. The minimum absolute atomic E-state index is 0.397. The molecule has 5 nitrogen and oxygen atoms in total. The second-order valence-electron chi connectivity index (χ2n) is 3.35. The second kappa shape index (κ2) is 3.12. The summed E-state index contributed by atoms with van der Waals surface area (Å²) in [5, 5.41) is 21.8. The lowest BCUT2D eigenvalue weighted by molar-refractivity contribution is 0.0577. The highest BCUT2D eigenvalue weighted by molar-refractivity contribution is 5.34. The molecule has 1 aromatic rings. The van der Waals surface area contributed by atoms with E-state index in [1.165, 1.54) is 6.20 Å². The van der Waals surface area contributed by atoms with Gasteiger partial charge in [-0.1, -0.05) is 0 Å². The summed E-state index contributed by atoms with van der Waals surface area (Å²) < 4.78 is 1.55. The summed E-state index contributed by atoms with van der Waals surface area (Å²) >= 11 is 0. The number of nitrogens with one attached hydrogen (secondary N) is 1. The van der Waals surface area contributed by atoms with Gasteiger partial charge in [-0.3, -0.25) is 15.4 Å². The standard InChI is InChI=1S/C7H13N3O2/c1-7(2,11)5-10-4-6(9-12)3-8-10/h3-4,9,11-12H,5H2,1-2H3. The van der Waals surface area contributed by atoms with Gasteiger partial charge in [0.1, 0.15) is 0 Å². The fourth-order valence-electron chi connectivity index (χ4n) is 0.904. The number of rotatable bonds is 3. The van der Waals surface area contributed by atoms with Crippen LogP contribution in [0.3, 0.4) is 0 Å². The molecule has 0 unspecified atom stereocenters. The van der Waals surface area contributed by atoms with E-state index >= 15 is 0 Å². The van der Waals surface area contributed by atoms with Crippen molar-refractivity contribution in [3.63, 3.8) is 0 Å². The van der Waals surface area contributed by atoms with Gasteiger partial charge in [-0.2, -0.15) is 5.10 Å². The molecule has 0 bridgehead atoms. The van der Waals surface area contributed by atoms with E-state index in [2.05, 4.69) is 5.10 Å². The van der Waals surface area contributed by atoms with Crippen LogP contribution in [0.25, 0.3) is 0 Å². The highest BCUT2D eigenvalue weighted by atomic mass is 16.5. The first-order chi connectivity index (χ1) is 5.51. The molecule has 3 N–H and O–H groups in total. The van der Waals surface area contributed by atoms with Crippen molar-refractivity contribution in [2.45, 2.75) is 26.0 Å². The van der Waals surface area contributed by atoms with E-state index in [0.29, 0.717) is 12.2 Å². The van der Waals surface area contributed by atoms with Gasteiger partial charge in [0.15, 0.2) is 0 Å². The number of hydrogen-bond acceptors (Lipinski definition) is 4. The number of nitrogens with zero attached hydrogens (tertiary/aromatic N) is 2. The Labute approximate surface area is 70.6 Å². The van der Waals surface area contributed by atoms with Gasteiger partial charge in [-0.15, -0.1) is 0 Å². The fourth-order valence-corrected chi connectivity index (χ4v) is 0.904. The predicted molar refractivity (Wildman–Crippen MR) is 43.9 cm³/mol. The summed E-state index contributed by atoms with van der Waals surface area (Å²) in [6, 6.07) is 0. The van der Waals surface area contributed by atoms with Crippen molar-refractivity contribution < 1.29 is 10.3 Å². The van der Waals surface area contributed by atoms with Gasteiger partial charge < -0.3 is 5.11 Å². The van der Waals surface area contributed by atoms with Crippen LogP contribution in [0, 0.1) is 0 Å². The first-order valence-electron chi connectivity index (χ1n) is 3.66. The van der Waals surface area contributed by atoms with E-state index in [9.17, 15) is 5.11 Å². The summed E-state index contributed by atoms with van der Waals surface area (Å²) in [5.41, 5.74) is 1.69. The largest absolute Gasteiger partial charge is 0.389 e. The Bertz CT molecular complexity index is 251. The molecule has 0 saturated carbocycles. The van der Waals surface area contributed by atoms with Crippen molar-refractivity contribution in [1.82, 2.24) is 9.78 Å². The number of aliphatic hydroxyl groups is 1. The molecule has 0 aliphatic carbocycles. The van der Waals surface area contributed by atoms with Gasteiger partial charge >= 0.3 is 0 Å². The van der Waals surface area contributed by atoms with Crippen LogP contribution in [0.2, 0.25) is 0 Å². The Morgan fingerprint density at radius 3 is 2.75 bits per heavy atom. The zero-order chi connectivity index (χ0) is 9.19. The number of anilines is 1. The van der Waals surface area contributed by atoms with Crippen LogP contribution in [0.4, 0.5) is 5.69 Å². The van der Waals surface area contributed by atoms with Crippen LogP contribution in [-0.4, -0.2) is 25.7 Å². The van der Waals surface area contributed by atoms with Crippen molar-refractivity contribution in [3.8, 4) is 0 Å². The molecule has 0 aromatic carbocycles. The van der Waals surface area contributed by atoms with Crippen LogP contribution in [0.1, 0.15) is 13.8 Å². The summed E-state index contributed by atoms with van der Waals surface area (Å²) in [5.74, 6) is 0. The topological polar surface area (TPSA) is 70.3 Å². The molecule has 1 aromatic heterocycles. The van der Waals surface area contributed by atoms with Crippen molar-refractivity contribution in [2.75, 3.05) is 5.48 Å². The minimum atomic E-state index is -0.793. The average Bonchev–Trinajstić information content (AvgIpc) is 2.32. The quantitative estimate of drug-likeness (QED) is 0.578. The number of aromatic nitrogens is 2. The molecule has 0 radical (unpaired) electrons. The van der Waals surface area contributed by atoms with Crippen LogP contribution < -0.4 is 5.48 Å². The van der Waals surface area contributed by atoms with E-state index in [1.54, 1.807) is 24.7 Å². The van der Waals surface area contributed by atoms with Gasteiger partial charge in [0.25, 0.3) is 0 Å². The Morgan fingerprint density at radius 1 is 1.67 bits per heavy atom. The smallest absolute Gasteiger partial charge is 0.0981 e. The number of hydrogen-bond donors (Lipinski definition) is 3. The predicted octanol–water partition coefficient (Wildman–Crippen LogP) is 0.455. The zero-order valence-corrected chi connectivity index (χ0v) is 7.15. The first kappa shape index (κ1) is 9.02. The maximum atomic E-state index is 9.41. The normalized spacial score (nSPS) is 11.7. The molecule has 0 fully saturated rings. The molecule has 5 heteroatoms. The average molecular weight is 171 g/mol. The lowest BCUT2D eigenvalue weighted by Gasteiger charge is -2.16. The first-order valence-corrected chi connectivity index (χ1v) is 3.66. The van der Waals surface area contributed by atoms with Gasteiger partial charge in [0, 0.05) is 0 Å². The minimum Gasteiger partial charge on any atom is -0.389 e. The van der Waals surface area contributed by atoms with Crippen molar-refractivity contribution >= 4 is 5.69 Å². The van der Waals surface area contributed by atoms with Crippen LogP contribution in [0.15, 0.2) is 12.4 Å². The zero-order valence-electron chi connectivity index (χ0n) is 7.15. The highest BCUT2D eigenvalue weighted by Crippen LogP contribution is 2.08. The molecule has 0 amide bonds. The third kappa shape index (κ3) is 2.52. The van der Waals surface area contributed by atoms with Crippen molar-refractivity contribution in [3.05, 3.63) is 12.4 Å². The summed E-state index contributed by atoms with van der Waals surface area (Å²) in [6.07, 6.45) is 3.09. The molecule has 0 spiro atoms. The molecule has 1 rings (SSSR count). The highest BCUT2D eigenvalue weighted by Gasteiger charge is 2.13. The Kier molecular flexibility index (Phi) is 2.35. The summed E-state index contributed by atoms with van der Waals surface area (Å²) in [7, 11) is 0. The third-order valence-corrected chi connectivity index (χ3v) is 1.31. The maximum absolute atomic E-state index is 9.41. The lowest BCUT2D eigenvalue weighted by atomic mass is 10.1. The Morgan fingerprint density at radius 2 is 2.33 bits per heavy atom. The van der Waals surface area contributed by atoms with Crippen molar-refractivity contribution in [2.24, 2.45) is 0 Å². The van der Waals surface area contributed by atoms with Gasteiger partial charge in [0.2, 0.25) is 0 Å². The van der Waals surface area contributed by atoms with Crippen molar-refractivity contribution in [1.29, 1.82) is 0 Å². The molecular weight excluding hydrogens is 158 g/mol. The second-order valence-corrected chi connectivity index (χ2v) is 3.35. The molecule has 68 valence electrons. The fraction of sp³-hybridized carbons (Fsp3) is 0.571. The Hall–Kier alpha value is -1.07. The molecule has 0 aliphatic heterocycles. The van der Waals surface area contributed by atoms with E-state index in [4.69, 9.17) is 5.21 Å². The van der Waals surface area contributed by atoms with Gasteiger partial charge in [0.05, 0.1) is 30.2 Å².